The van der Waals surface area contributed by atoms with Crippen LogP contribution in [0.3, 0.4) is 0 Å². The number of ether oxygens (including phenoxy) is 2. The van der Waals surface area contributed by atoms with E-state index in [1.54, 1.807) is 0 Å². The van der Waals surface area contributed by atoms with Crippen LogP contribution in [0.15, 0.2) is 70.5 Å². The Labute approximate surface area is 214 Å². The summed E-state index contributed by atoms with van der Waals surface area (Å²) in [5.41, 5.74) is 6.24. The minimum atomic E-state index is 0.372. The molecule has 0 heterocycles. The Morgan fingerprint density at radius 2 is 1.31 bits per heavy atom. The second-order valence-corrected chi connectivity index (χ2v) is 12.2. The molecule has 0 spiro atoms. The van der Waals surface area contributed by atoms with Crippen LogP contribution >= 0.6 is 11.8 Å². The summed E-state index contributed by atoms with van der Waals surface area (Å²) < 4.78 is 12.7. The molecule has 0 aromatic heterocycles. The van der Waals surface area contributed by atoms with E-state index in [2.05, 4.69) is 81.4 Å². The van der Waals surface area contributed by atoms with E-state index in [0.29, 0.717) is 12.9 Å². The third-order valence-corrected chi connectivity index (χ3v) is 9.64. The van der Waals surface area contributed by atoms with Crippen molar-refractivity contribution in [2.75, 3.05) is 6.79 Å². The van der Waals surface area contributed by atoms with Crippen LogP contribution in [0.1, 0.15) is 48.8 Å². The van der Waals surface area contributed by atoms with Crippen molar-refractivity contribution in [3.8, 4) is 16.9 Å². The monoisotopic (exact) mass is 484 g/mol. The molecule has 0 amide bonds. The molecule has 4 saturated carbocycles. The summed E-state index contributed by atoms with van der Waals surface area (Å²) in [6.07, 6.45) is 7.42. The number of aryl methyl sites for hydroxylation is 3. The quantitative estimate of drug-likeness (QED) is 0.313. The molecule has 182 valence electrons. The lowest BCUT2D eigenvalue weighted by Gasteiger charge is -2.53. The molecule has 4 aliphatic carbocycles. The molecular weight excluding hydrogens is 448 g/mol. The van der Waals surface area contributed by atoms with Gasteiger partial charge in [-0.25, -0.2) is 0 Å². The van der Waals surface area contributed by atoms with Crippen molar-refractivity contribution in [2.45, 2.75) is 68.8 Å². The predicted molar refractivity (Wildman–Crippen MR) is 144 cm³/mol. The number of benzene rings is 3. The summed E-state index contributed by atoms with van der Waals surface area (Å²) in [6.45, 7) is 6.87. The normalized spacial score (nSPS) is 26.8. The second-order valence-electron chi connectivity index (χ2n) is 11.1. The minimum Gasteiger partial charge on any atom is -0.467 e. The van der Waals surface area contributed by atoms with Gasteiger partial charge in [0.1, 0.15) is 5.75 Å². The van der Waals surface area contributed by atoms with Crippen LogP contribution in [0.5, 0.6) is 5.75 Å². The summed E-state index contributed by atoms with van der Waals surface area (Å²) in [5, 5.41) is 0. The molecule has 4 fully saturated rings. The van der Waals surface area contributed by atoms with Crippen LogP contribution in [0.25, 0.3) is 11.1 Å². The van der Waals surface area contributed by atoms with Crippen molar-refractivity contribution in [1.82, 2.24) is 0 Å². The summed E-state index contributed by atoms with van der Waals surface area (Å²) in [5.74, 6) is 4.46. The average molecular weight is 485 g/mol. The van der Waals surface area contributed by atoms with Crippen molar-refractivity contribution in [3.63, 3.8) is 0 Å². The Hall–Kier alpha value is -2.23. The summed E-state index contributed by atoms with van der Waals surface area (Å²) >= 11 is 1.83. The van der Waals surface area contributed by atoms with Gasteiger partial charge in [-0.3, -0.25) is 0 Å². The third-order valence-electron chi connectivity index (χ3n) is 8.59. The lowest BCUT2D eigenvalue weighted by molar-refractivity contribution is -0.155. The number of rotatable bonds is 7. The minimum absolute atomic E-state index is 0.372. The molecule has 3 aromatic rings. The van der Waals surface area contributed by atoms with Gasteiger partial charge in [-0.15, -0.1) is 0 Å². The molecule has 0 aliphatic heterocycles. The summed E-state index contributed by atoms with van der Waals surface area (Å²) in [6, 6.07) is 21.8. The molecule has 0 unspecified atom stereocenters. The van der Waals surface area contributed by atoms with Gasteiger partial charge in [-0.1, -0.05) is 54.2 Å². The van der Waals surface area contributed by atoms with Gasteiger partial charge < -0.3 is 9.47 Å². The fourth-order valence-electron chi connectivity index (χ4n) is 7.30. The van der Waals surface area contributed by atoms with Crippen LogP contribution < -0.4 is 4.74 Å². The van der Waals surface area contributed by atoms with Gasteiger partial charge in [0, 0.05) is 9.79 Å². The van der Waals surface area contributed by atoms with Crippen molar-refractivity contribution >= 4 is 11.8 Å². The molecule has 3 aromatic carbocycles. The van der Waals surface area contributed by atoms with E-state index in [1.807, 2.05) is 11.8 Å². The lowest BCUT2D eigenvalue weighted by Crippen LogP contribution is -2.49. The van der Waals surface area contributed by atoms with Crippen LogP contribution in [-0.2, 0) is 4.74 Å². The van der Waals surface area contributed by atoms with Crippen molar-refractivity contribution in [3.05, 3.63) is 77.4 Å². The Bertz CT molecular complexity index is 1160. The molecule has 0 N–H and O–H groups in total. The fourth-order valence-corrected chi connectivity index (χ4v) is 8.46. The molecule has 2 nitrogen and oxygen atoms in total. The van der Waals surface area contributed by atoms with Gasteiger partial charge in [0.25, 0.3) is 0 Å². The molecule has 3 heteroatoms. The number of hydrogen-bond acceptors (Lipinski definition) is 3. The molecule has 35 heavy (non-hydrogen) atoms. The van der Waals surface area contributed by atoms with E-state index in [1.165, 1.54) is 69.7 Å². The molecule has 7 rings (SSSR count). The zero-order valence-electron chi connectivity index (χ0n) is 21.1. The van der Waals surface area contributed by atoms with E-state index >= 15 is 0 Å². The molecular formula is C32H36O2S. The summed E-state index contributed by atoms with van der Waals surface area (Å²) in [4.78, 5) is 2.52. The maximum absolute atomic E-state index is 6.41. The SMILES string of the molecule is Cc1ccccc1-c1ccccc1Sc1cc(C)c(OCOC2C3CC4CC(C3)CC2C4)c(C)c1. The van der Waals surface area contributed by atoms with E-state index in [4.69, 9.17) is 9.47 Å². The molecule has 0 atom stereocenters. The van der Waals surface area contributed by atoms with E-state index < -0.39 is 0 Å². The first kappa shape index (κ1) is 23.2. The van der Waals surface area contributed by atoms with Crippen LogP contribution in [0.2, 0.25) is 0 Å². The Morgan fingerprint density at radius 3 is 1.97 bits per heavy atom. The first-order valence-electron chi connectivity index (χ1n) is 13.2. The maximum Gasteiger partial charge on any atom is 0.189 e. The van der Waals surface area contributed by atoms with Gasteiger partial charge in [-0.2, -0.15) is 0 Å². The summed E-state index contributed by atoms with van der Waals surface area (Å²) in [7, 11) is 0. The highest BCUT2D eigenvalue weighted by Gasteiger charge is 2.48. The smallest absolute Gasteiger partial charge is 0.189 e. The average Bonchev–Trinajstić information content (AvgIpc) is 2.83. The second kappa shape index (κ2) is 9.67. The fraction of sp³-hybridized carbons (Fsp3) is 0.438. The zero-order valence-corrected chi connectivity index (χ0v) is 21.9. The highest BCUT2D eigenvalue weighted by atomic mass is 32.2. The van der Waals surface area contributed by atoms with Gasteiger partial charge >= 0.3 is 0 Å². The van der Waals surface area contributed by atoms with E-state index in [9.17, 15) is 0 Å². The predicted octanol–water partition coefficient (Wildman–Crippen LogP) is 8.61. The zero-order chi connectivity index (χ0) is 23.9. The Balaban J connectivity index is 1.14. The standard InChI is InChI=1S/C32H36O2S/c1-20-8-4-5-9-28(20)29-10-6-7-11-30(29)35-27-12-21(2)31(22(3)13-27)33-19-34-32-25-15-23-14-24(17-25)18-26(32)16-23/h4-13,23-26,32H,14-19H2,1-3H3. The van der Waals surface area contributed by atoms with Crippen molar-refractivity contribution in [2.24, 2.45) is 23.7 Å². The topological polar surface area (TPSA) is 18.5 Å². The number of hydrogen-bond donors (Lipinski definition) is 0. The lowest BCUT2D eigenvalue weighted by atomic mass is 9.55. The van der Waals surface area contributed by atoms with Crippen LogP contribution in [0.4, 0.5) is 0 Å². The molecule has 0 saturated heterocycles. The van der Waals surface area contributed by atoms with Gasteiger partial charge in [-0.05, 0) is 123 Å². The van der Waals surface area contributed by atoms with Gasteiger partial charge in [0.15, 0.2) is 6.79 Å². The first-order valence-corrected chi connectivity index (χ1v) is 14.1. The van der Waals surface area contributed by atoms with Gasteiger partial charge in [0.05, 0.1) is 6.10 Å². The van der Waals surface area contributed by atoms with Gasteiger partial charge in [0.2, 0.25) is 0 Å². The van der Waals surface area contributed by atoms with E-state index in [0.717, 1.165) is 29.4 Å². The van der Waals surface area contributed by atoms with E-state index in [-0.39, 0.29) is 0 Å². The van der Waals surface area contributed by atoms with Crippen LogP contribution in [-0.4, -0.2) is 12.9 Å². The molecule has 0 radical (unpaired) electrons. The molecule has 4 bridgehead atoms. The Kier molecular flexibility index (Phi) is 6.41. The highest BCUT2D eigenvalue weighted by Crippen LogP contribution is 2.54. The largest absolute Gasteiger partial charge is 0.467 e. The van der Waals surface area contributed by atoms with Crippen LogP contribution in [0, 0.1) is 44.4 Å². The van der Waals surface area contributed by atoms with Crippen molar-refractivity contribution < 1.29 is 9.47 Å². The highest BCUT2D eigenvalue weighted by molar-refractivity contribution is 7.99. The Morgan fingerprint density at radius 1 is 0.714 bits per heavy atom. The maximum atomic E-state index is 6.41. The third kappa shape index (κ3) is 4.66. The molecule has 4 aliphatic rings. The first-order chi connectivity index (χ1) is 17.0. The van der Waals surface area contributed by atoms with Crippen molar-refractivity contribution in [1.29, 1.82) is 0 Å².